The Bertz CT molecular complexity index is 863. The summed E-state index contributed by atoms with van der Waals surface area (Å²) in [5, 5.41) is 8.52. The van der Waals surface area contributed by atoms with Crippen LogP contribution < -0.4 is 0 Å². The number of hydrogen-bond donors (Lipinski definition) is 1. The summed E-state index contributed by atoms with van der Waals surface area (Å²) in [7, 11) is 2.03. The fraction of sp³-hybridized carbons (Fsp3) is 0.353. The van der Waals surface area contributed by atoms with Crippen LogP contribution in [-0.4, -0.2) is 43.6 Å². The molecular weight excluding hydrogens is 290 g/mol. The van der Waals surface area contributed by atoms with Gasteiger partial charge in [0.15, 0.2) is 5.82 Å². The van der Waals surface area contributed by atoms with Gasteiger partial charge in [-0.2, -0.15) is 5.10 Å². The number of aromatic amines is 1. The Balaban J connectivity index is 1.56. The molecule has 6 heteroatoms. The molecule has 1 aromatic carbocycles. The van der Waals surface area contributed by atoms with Crippen molar-refractivity contribution in [2.45, 2.75) is 19.3 Å². The molecule has 1 saturated heterocycles. The van der Waals surface area contributed by atoms with Crippen LogP contribution in [0, 0.1) is 0 Å². The predicted octanol–water partition coefficient (Wildman–Crippen LogP) is 2.13. The number of nitrogens with one attached hydrogen (secondary N) is 1. The van der Waals surface area contributed by atoms with Gasteiger partial charge in [0.2, 0.25) is 5.91 Å². The minimum atomic E-state index is 0.249. The van der Waals surface area contributed by atoms with Crippen LogP contribution in [0.5, 0.6) is 0 Å². The van der Waals surface area contributed by atoms with E-state index in [0.29, 0.717) is 25.2 Å². The second-order valence-electron chi connectivity index (χ2n) is 6.01. The monoisotopic (exact) mass is 309 g/mol. The molecule has 1 amide bonds. The molecule has 0 unspecified atom stereocenters. The van der Waals surface area contributed by atoms with Crippen molar-refractivity contribution in [2.75, 3.05) is 13.1 Å². The second-order valence-corrected chi connectivity index (χ2v) is 6.01. The molecule has 23 heavy (non-hydrogen) atoms. The van der Waals surface area contributed by atoms with Crippen molar-refractivity contribution in [3.63, 3.8) is 0 Å². The van der Waals surface area contributed by atoms with E-state index >= 15 is 0 Å². The standard InChI is InChI=1S/C17H19N5O/c1-21-10-7-12-13(4-2-5-14(12)21)17-18-15(19-20-17)8-11-22-9-3-6-16(22)23/h2,4-5,7,10H,3,6,8-9,11H2,1H3,(H,18,19,20). The van der Waals surface area contributed by atoms with Gasteiger partial charge >= 0.3 is 0 Å². The van der Waals surface area contributed by atoms with Gasteiger partial charge in [-0.3, -0.25) is 9.89 Å². The molecule has 1 fully saturated rings. The van der Waals surface area contributed by atoms with Gasteiger partial charge in [0.1, 0.15) is 5.82 Å². The summed E-state index contributed by atoms with van der Waals surface area (Å²) in [6.07, 6.45) is 4.40. The van der Waals surface area contributed by atoms with Crippen LogP contribution in [0.2, 0.25) is 0 Å². The van der Waals surface area contributed by atoms with Crippen LogP contribution in [0.25, 0.3) is 22.3 Å². The first kappa shape index (κ1) is 14.0. The van der Waals surface area contributed by atoms with Crippen molar-refractivity contribution in [3.8, 4) is 11.4 Å². The highest BCUT2D eigenvalue weighted by molar-refractivity contribution is 5.93. The Morgan fingerprint density at radius 3 is 3.04 bits per heavy atom. The SMILES string of the molecule is Cn1ccc2c(-c3n[nH]c(CCN4CCCC4=O)n3)cccc21. The third-order valence-electron chi connectivity index (χ3n) is 4.49. The van der Waals surface area contributed by atoms with E-state index in [9.17, 15) is 4.79 Å². The lowest BCUT2D eigenvalue weighted by molar-refractivity contribution is -0.127. The molecule has 0 radical (unpaired) electrons. The number of carbonyl (C=O) groups excluding carboxylic acids is 1. The van der Waals surface area contributed by atoms with Crippen LogP contribution >= 0.6 is 0 Å². The van der Waals surface area contributed by atoms with Crippen molar-refractivity contribution >= 4 is 16.8 Å². The minimum absolute atomic E-state index is 0.249. The highest BCUT2D eigenvalue weighted by atomic mass is 16.2. The number of nitrogens with zero attached hydrogens (tertiary/aromatic N) is 4. The number of H-pyrrole nitrogens is 1. The fourth-order valence-electron chi connectivity index (χ4n) is 3.21. The lowest BCUT2D eigenvalue weighted by atomic mass is 10.1. The fourth-order valence-corrected chi connectivity index (χ4v) is 3.21. The summed E-state index contributed by atoms with van der Waals surface area (Å²) < 4.78 is 2.09. The van der Waals surface area contributed by atoms with Crippen LogP contribution in [0.4, 0.5) is 0 Å². The zero-order valence-electron chi connectivity index (χ0n) is 13.1. The predicted molar refractivity (Wildman–Crippen MR) is 87.8 cm³/mol. The van der Waals surface area contributed by atoms with Gasteiger partial charge in [-0.15, -0.1) is 0 Å². The average Bonchev–Trinajstić information content (AvgIpc) is 3.26. The summed E-state index contributed by atoms with van der Waals surface area (Å²) in [5.41, 5.74) is 2.19. The van der Waals surface area contributed by atoms with E-state index in [-0.39, 0.29) is 5.91 Å². The van der Waals surface area contributed by atoms with E-state index in [1.54, 1.807) is 0 Å². The number of fused-ring (bicyclic) bond motifs is 1. The molecule has 0 atom stereocenters. The summed E-state index contributed by atoms with van der Waals surface area (Å²) >= 11 is 0. The second kappa shape index (κ2) is 5.53. The molecule has 1 aliphatic heterocycles. The van der Waals surface area contributed by atoms with E-state index < -0.39 is 0 Å². The molecule has 0 saturated carbocycles. The highest BCUT2D eigenvalue weighted by Gasteiger charge is 2.20. The first-order chi connectivity index (χ1) is 11.2. The van der Waals surface area contributed by atoms with Crippen LogP contribution in [0.1, 0.15) is 18.7 Å². The molecule has 0 bridgehead atoms. The summed E-state index contributed by atoms with van der Waals surface area (Å²) in [4.78, 5) is 18.2. The van der Waals surface area contributed by atoms with Gasteiger partial charge in [-0.25, -0.2) is 4.98 Å². The number of hydrogen-bond acceptors (Lipinski definition) is 3. The van der Waals surface area contributed by atoms with E-state index in [4.69, 9.17) is 0 Å². The van der Waals surface area contributed by atoms with Gasteiger partial charge in [0.25, 0.3) is 0 Å². The number of aryl methyl sites for hydroxylation is 1. The van der Waals surface area contributed by atoms with E-state index in [0.717, 1.165) is 35.3 Å². The van der Waals surface area contributed by atoms with Gasteiger partial charge in [0.05, 0.1) is 0 Å². The first-order valence-electron chi connectivity index (χ1n) is 7.96. The van der Waals surface area contributed by atoms with E-state index in [1.165, 1.54) is 0 Å². The normalized spacial score (nSPS) is 15.0. The summed E-state index contributed by atoms with van der Waals surface area (Å²) in [6, 6.07) is 8.24. The van der Waals surface area contributed by atoms with Crippen LogP contribution in [0.3, 0.4) is 0 Å². The maximum Gasteiger partial charge on any atom is 0.222 e. The third kappa shape index (κ3) is 2.50. The maximum atomic E-state index is 11.6. The minimum Gasteiger partial charge on any atom is -0.351 e. The van der Waals surface area contributed by atoms with E-state index in [1.807, 2.05) is 30.3 Å². The lowest BCUT2D eigenvalue weighted by Gasteiger charge is -2.13. The summed E-state index contributed by atoms with van der Waals surface area (Å²) in [6.45, 7) is 1.58. The molecule has 2 aromatic heterocycles. The van der Waals surface area contributed by atoms with Crippen molar-refractivity contribution in [3.05, 3.63) is 36.3 Å². The highest BCUT2D eigenvalue weighted by Crippen LogP contribution is 2.26. The Labute approximate surface area is 134 Å². The molecule has 118 valence electrons. The quantitative estimate of drug-likeness (QED) is 0.803. The maximum absolute atomic E-state index is 11.6. The third-order valence-corrected chi connectivity index (χ3v) is 4.49. The van der Waals surface area contributed by atoms with Crippen molar-refractivity contribution in [2.24, 2.45) is 7.05 Å². The Kier molecular flexibility index (Phi) is 3.37. The molecular formula is C17H19N5O. The largest absolute Gasteiger partial charge is 0.351 e. The zero-order valence-corrected chi connectivity index (χ0v) is 13.1. The number of amides is 1. The molecule has 0 aliphatic carbocycles. The molecule has 6 nitrogen and oxygen atoms in total. The molecule has 1 aliphatic rings. The van der Waals surface area contributed by atoms with Crippen molar-refractivity contribution in [1.29, 1.82) is 0 Å². The topological polar surface area (TPSA) is 66.8 Å². The smallest absolute Gasteiger partial charge is 0.222 e. The number of aromatic nitrogens is 4. The Morgan fingerprint density at radius 1 is 1.30 bits per heavy atom. The molecule has 3 aromatic rings. The number of benzene rings is 1. The Hall–Kier alpha value is -2.63. The Morgan fingerprint density at radius 2 is 2.22 bits per heavy atom. The van der Waals surface area contributed by atoms with Gasteiger partial charge < -0.3 is 9.47 Å². The number of rotatable bonds is 4. The molecule has 0 spiro atoms. The first-order valence-corrected chi connectivity index (χ1v) is 7.96. The van der Waals surface area contributed by atoms with Crippen LogP contribution in [0.15, 0.2) is 30.5 Å². The number of likely N-dealkylation sites (tertiary alicyclic amines) is 1. The molecule has 1 N–H and O–H groups in total. The average molecular weight is 309 g/mol. The number of carbonyl (C=O) groups is 1. The van der Waals surface area contributed by atoms with Gasteiger partial charge in [-0.1, -0.05) is 12.1 Å². The zero-order chi connectivity index (χ0) is 15.8. The molecule has 4 rings (SSSR count). The van der Waals surface area contributed by atoms with Crippen molar-refractivity contribution < 1.29 is 4.79 Å². The summed E-state index contributed by atoms with van der Waals surface area (Å²) in [5.74, 6) is 1.79. The van der Waals surface area contributed by atoms with Crippen LogP contribution in [-0.2, 0) is 18.3 Å². The van der Waals surface area contributed by atoms with Gasteiger partial charge in [0, 0.05) is 55.6 Å². The van der Waals surface area contributed by atoms with Crippen molar-refractivity contribution in [1.82, 2.24) is 24.6 Å². The molecule has 3 heterocycles. The lowest BCUT2D eigenvalue weighted by Crippen LogP contribution is -2.27. The van der Waals surface area contributed by atoms with E-state index in [2.05, 4.69) is 31.9 Å². The van der Waals surface area contributed by atoms with Gasteiger partial charge in [-0.05, 0) is 18.6 Å².